The van der Waals surface area contributed by atoms with Gasteiger partial charge in [0.2, 0.25) is 0 Å². The minimum absolute atomic E-state index is 0.00447. The minimum atomic E-state index is -0.423. The monoisotopic (exact) mass is 290 g/mol. The number of nitriles is 1. The lowest BCUT2D eigenvalue weighted by atomic mass is 10.2. The van der Waals surface area contributed by atoms with Crippen LogP contribution >= 0.6 is 11.3 Å². The van der Waals surface area contributed by atoms with E-state index < -0.39 is 5.56 Å². The summed E-state index contributed by atoms with van der Waals surface area (Å²) in [5, 5.41) is 15.9. The molecule has 0 aliphatic carbocycles. The summed E-state index contributed by atoms with van der Waals surface area (Å²) < 4.78 is 4.93. The van der Waals surface area contributed by atoms with Crippen molar-refractivity contribution in [1.82, 2.24) is 9.97 Å². The molecule has 0 aliphatic rings. The molecule has 2 aromatic heterocycles. The molecule has 0 atom stereocenters. The van der Waals surface area contributed by atoms with Crippen LogP contribution in [0.15, 0.2) is 21.6 Å². The van der Waals surface area contributed by atoms with Gasteiger partial charge in [-0.2, -0.15) is 16.6 Å². The molecule has 0 unspecified atom stereocenters. The van der Waals surface area contributed by atoms with E-state index in [1.807, 2.05) is 22.9 Å². The van der Waals surface area contributed by atoms with Crippen molar-refractivity contribution in [2.45, 2.75) is 6.42 Å². The molecule has 2 aromatic rings. The third-order valence-corrected chi connectivity index (χ3v) is 3.36. The largest absolute Gasteiger partial charge is 0.383 e. The van der Waals surface area contributed by atoms with Gasteiger partial charge in [0.1, 0.15) is 11.9 Å². The highest BCUT2D eigenvalue weighted by Gasteiger charge is 2.11. The van der Waals surface area contributed by atoms with Gasteiger partial charge in [0, 0.05) is 20.1 Å². The summed E-state index contributed by atoms with van der Waals surface area (Å²) in [5.41, 5.74) is 0.647. The number of aromatic nitrogens is 2. The number of ether oxygens (including phenoxy) is 1. The van der Waals surface area contributed by atoms with Crippen LogP contribution in [0.2, 0.25) is 0 Å². The Kier molecular flexibility index (Phi) is 4.87. The fourth-order valence-electron chi connectivity index (χ4n) is 1.69. The zero-order valence-electron chi connectivity index (χ0n) is 11.0. The van der Waals surface area contributed by atoms with E-state index in [-0.39, 0.29) is 5.56 Å². The second-order valence-corrected chi connectivity index (χ2v) is 4.86. The highest BCUT2D eigenvalue weighted by Crippen LogP contribution is 2.12. The molecule has 0 radical (unpaired) electrons. The van der Waals surface area contributed by atoms with E-state index >= 15 is 0 Å². The zero-order valence-corrected chi connectivity index (χ0v) is 11.8. The van der Waals surface area contributed by atoms with E-state index in [0.717, 1.165) is 5.56 Å². The van der Waals surface area contributed by atoms with Gasteiger partial charge in [-0.25, -0.2) is 4.98 Å². The summed E-state index contributed by atoms with van der Waals surface area (Å²) in [6.07, 6.45) is 0.531. The molecule has 20 heavy (non-hydrogen) atoms. The van der Waals surface area contributed by atoms with Crippen LogP contribution in [0.3, 0.4) is 0 Å². The van der Waals surface area contributed by atoms with Crippen LogP contribution in [0.25, 0.3) is 0 Å². The van der Waals surface area contributed by atoms with Crippen LogP contribution in [0.5, 0.6) is 0 Å². The molecule has 0 fully saturated rings. The minimum Gasteiger partial charge on any atom is -0.383 e. The molecule has 0 saturated carbocycles. The summed E-state index contributed by atoms with van der Waals surface area (Å²) in [4.78, 5) is 18.8. The van der Waals surface area contributed by atoms with Gasteiger partial charge in [0.15, 0.2) is 11.4 Å². The Labute approximate surface area is 120 Å². The molecule has 104 valence electrons. The number of hydrogen-bond donors (Lipinski definition) is 2. The van der Waals surface area contributed by atoms with E-state index in [4.69, 9.17) is 10.00 Å². The number of nitrogens with zero attached hydrogens (tertiary/aromatic N) is 2. The summed E-state index contributed by atoms with van der Waals surface area (Å²) in [5.74, 6) is 0.839. The Balaban J connectivity index is 2.26. The molecule has 2 N–H and O–H groups in total. The van der Waals surface area contributed by atoms with Gasteiger partial charge >= 0.3 is 0 Å². The standard InChI is InChI=1S/C13H14N4O2S/c1-19-4-3-15-12-10(7-14)13(18)17-11(16-12)6-9-2-5-20-8-9/h2,5,8H,3-4,6H2,1H3,(H2,15,16,17,18). The predicted octanol–water partition coefficient (Wildman–Crippen LogP) is 1.35. The van der Waals surface area contributed by atoms with Gasteiger partial charge in [-0.15, -0.1) is 0 Å². The van der Waals surface area contributed by atoms with E-state index in [1.165, 1.54) is 0 Å². The van der Waals surface area contributed by atoms with Gasteiger partial charge in [0.05, 0.1) is 6.61 Å². The Morgan fingerprint density at radius 3 is 3.10 bits per heavy atom. The van der Waals surface area contributed by atoms with E-state index in [1.54, 1.807) is 18.4 Å². The molecule has 0 aromatic carbocycles. The zero-order chi connectivity index (χ0) is 14.4. The number of rotatable bonds is 6. The topological polar surface area (TPSA) is 90.8 Å². The first-order chi connectivity index (χ1) is 9.74. The number of thiophene rings is 1. The number of nitrogens with one attached hydrogen (secondary N) is 2. The van der Waals surface area contributed by atoms with E-state index in [9.17, 15) is 4.79 Å². The first-order valence-corrected chi connectivity index (χ1v) is 6.96. The molecule has 0 aliphatic heterocycles. The highest BCUT2D eigenvalue weighted by molar-refractivity contribution is 7.07. The van der Waals surface area contributed by atoms with Crippen LogP contribution < -0.4 is 10.9 Å². The van der Waals surface area contributed by atoms with Gasteiger partial charge < -0.3 is 15.0 Å². The summed E-state index contributed by atoms with van der Waals surface area (Å²) >= 11 is 1.59. The Hall–Kier alpha value is -2.17. The first kappa shape index (κ1) is 14.2. The molecule has 2 rings (SSSR count). The lowest BCUT2D eigenvalue weighted by Gasteiger charge is -2.08. The second kappa shape index (κ2) is 6.84. The number of aromatic amines is 1. The predicted molar refractivity (Wildman–Crippen MR) is 77.1 cm³/mol. The smallest absolute Gasteiger partial charge is 0.271 e. The van der Waals surface area contributed by atoms with Crippen molar-refractivity contribution in [3.8, 4) is 6.07 Å². The first-order valence-electron chi connectivity index (χ1n) is 6.01. The van der Waals surface area contributed by atoms with Crippen molar-refractivity contribution in [2.75, 3.05) is 25.6 Å². The van der Waals surface area contributed by atoms with Crippen LogP contribution in [-0.4, -0.2) is 30.2 Å². The fraction of sp³-hybridized carbons (Fsp3) is 0.308. The number of hydrogen-bond acceptors (Lipinski definition) is 6. The van der Waals surface area contributed by atoms with Crippen molar-refractivity contribution in [2.24, 2.45) is 0 Å². The van der Waals surface area contributed by atoms with Crippen molar-refractivity contribution in [1.29, 1.82) is 5.26 Å². The van der Waals surface area contributed by atoms with Crippen molar-refractivity contribution >= 4 is 17.2 Å². The lowest BCUT2D eigenvalue weighted by molar-refractivity contribution is 0.210. The molecular formula is C13H14N4O2S. The Morgan fingerprint density at radius 2 is 2.45 bits per heavy atom. The average Bonchev–Trinajstić information content (AvgIpc) is 2.92. The maximum Gasteiger partial charge on any atom is 0.271 e. The third kappa shape index (κ3) is 3.44. The summed E-state index contributed by atoms with van der Waals surface area (Å²) in [6, 6.07) is 3.84. The van der Waals surface area contributed by atoms with Gasteiger partial charge in [-0.3, -0.25) is 4.79 Å². The quantitative estimate of drug-likeness (QED) is 0.784. The van der Waals surface area contributed by atoms with Crippen LogP contribution in [0.4, 0.5) is 5.82 Å². The van der Waals surface area contributed by atoms with Crippen LogP contribution in [0, 0.1) is 11.3 Å². The Bertz CT molecular complexity index is 658. The summed E-state index contributed by atoms with van der Waals surface area (Å²) in [7, 11) is 1.58. The van der Waals surface area contributed by atoms with E-state index in [0.29, 0.717) is 31.2 Å². The molecule has 0 bridgehead atoms. The van der Waals surface area contributed by atoms with Gasteiger partial charge in [0.25, 0.3) is 5.56 Å². The van der Waals surface area contributed by atoms with E-state index in [2.05, 4.69) is 15.3 Å². The maximum atomic E-state index is 11.9. The van der Waals surface area contributed by atoms with Gasteiger partial charge in [-0.1, -0.05) is 0 Å². The molecule has 0 spiro atoms. The summed E-state index contributed by atoms with van der Waals surface area (Å²) in [6.45, 7) is 0.957. The van der Waals surface area contributed by atoms with Crippen LogP contribution in [-0.2, 0) is 11.2 Å². The fourth-order valence-corrected chi connectivity index (χ4v) is 2.36. The number of H-pyrrole nitrogens is 1. The molecule has 7 heteroatoms. The number of anilines is 1. The molecular weight excluding hydrogens is 276 g/mol. The molecule has 2 heterocycles. The van der Waals surface area contributed by atoms with Crippen molar-refractivity contribution < 1.29 is 4.74 Å². The lowest BCUT2D eigenvalue weighted by Crippen LogP contribution is -2.20. The number of methoxy groups -OCH3 is 1. The van der Waals surface area contributed by atoms with Crippen molar-refractivity contribution in [3.05, 3.63) is 44.1 Å². The molecule has 6 nitrogen and oxygen atoms in total. The SMILES string of the molecule is COCCNc1nc(Cc2ccsc2)[nH]c(=O)c1C#N. The molecule has 0 amide bonds. The molecule has 0 saturated heterocycles. The van der Waals surface area contributed by atoms with Crippen LogP contribution in [0.1, 0.15) is 17.0 Å². The second-order valence-electron chi connectivity index (χ2n) is 4.08. The van der Waals surface area contributed by atoms with Gasteiger partial charge in [-0.05, 0) is 22.4 Å². The third-order valence-electron chi connectivity index (χ3n) is 2.63. The maximum absolute atomic E-state index is 11.9. The Morgan fingerprint density at radius 1 is 1.60 bits per heavy atom. The highest BCUT2D eigenvalue weighted by atomic mass is 32.1. The normalized spacial score (nSPS) is 10.2. The average molecular weight is 290 g/mol. The van der Waals surface area contributed by atoms with Crippen molar-refractivity contribution in [3.63, 3.8) is 0 Å².